The van der Waals surface area contributed by atoms with Gasteiger partial charge in [-0.1, -0.05) is 0 Å². The van der Waals surface area contributed by atoms with Crippen molar-refractivity contribution in [2.45, 2.75) is 50.6 Å². The van der Waals surface area contributed by atoms with Crippen LogP contribution in [0.3, 0.4) is 0 Å². The molecule has 0 spiro atoms. The van der Waals surface area contributed by atoms with E-state index in [1.165, 1.54) is 0 Å². The molecule has 1 aliphatic rings. The minimum atomic E-state index is -0.0389. The zero-order valence-electron chi connectivity index (χ0n) is 10.0. The third-order valence-corrected chi connectivity index (χ3v) is 3.69. The molecular weight excluding hydrogens is 238 g/mol. The highest BCUT2D eigenvalue weighted by Gasteiger charge is 2.20. The minimum Gasteiger partial charge on any atom is -0.363 e. The second-order valence-corrected chi connectivity index (χ2v) is 5.08. The van der Waals surface area contributed by atoms with Crippen LogP contribution < -0.4 is 10.9 Å². The molecule has 5 heteroatoms. The Bertz CT molecular complexity index is 424. The van der Waals surface area contributed by atoms with Crippen LogP contribution in [0.5, 0.6) is 0 Å². The number of aromatic nitrogens is 2. The Hall–Kier alpha value is -1.03. The second-order valence-electron chi connectivity index (χ2n) is 4.46. The highest BCUT2D eigenvalue weighted by molar-refractivity contribution is 6.20. The van der Waals surface area contributed by atoms with Crippen LogP contribution in [0.1, 0.15) is 32.6 Å². The molecule has 1 heterocycles. The van der Waals surface area contributed by atoms with Gasteiger partial charge in [-0.05, 0) is 32.6 Å². The molecule has 94 valence electrons. The number of anilines is 1. The summed E-state index contributed by atoms with van der Waals surface area (Å²) in [5.74, 6) is 0.465. The van der Waals surface area contributed by atoms with Crippen LogP contribution in [0.4, 0.5) is 5.82 Å². The number of rotatable bonds is 3. The van der Waals surface area contributed by atoms with Crippen LogP contribution in [-0.4, -0.2) is 21.0 Å². The van der Waals surface area contributed by atoms with Gasteiger partial charge in [0.2, 0.25) is 0 Å². The highest BCUT2D eigenvalue weighted by atomic mass is 35.5. The molecule has 0 aliphatic heterocycles. The van der Waals surface area contributed by atoms with E-state index in [-0.39, 0.29) is 5.56 Å². The lowest BCUT2D eigenvalue weighted by molar-refractivity contribution is 0.466. The van der Waals surface area contributed by atoms with E-state index < -0.39 is 0 Å². The normalized spacial score (nSPS) is 24.6. The van der Waals surface area contributed by atoms with E-state index in [1.54, 1.807) is 17.0 Å². The van der Waals surface area contributed by atoms with Crippen molar-refractivity contribution in [3.63, 3.8) is 0 Å². The Morgan fingerprint density at radius 3 is 2.82 bits per heavy atom. The summed E-state index contributed by atoms with van der Waals surface area (Å²) in [6.07, 6.45) is 7.41. The van der Waals surface area contributed by atoms with Crippen molar-refractivity contribution in [1.82, 2.24) is 9.55 Å². The van der Waals surface area contributed by atoms with Crippen LogP contribution in [0, 0.1) is 0 Å². The molecule has 0 saturated heterocycles. The molecule has 0 amide bonds. The average Bonchev–Trinajstić information content (AvgIpc) is 2.35. The van der Waals surface area contributed by atoms with Crippen molar-refractivity contribution in [3.05, 3.63) is 22.7 Å². The van der Waals surface area contributed by atoms with Gasteiger partial charge in [-0.25, -0.2) is 4.98 Å². The Balaban J connectivity index is 2.06. The predicted molar refractivity (Wildman–Crippen MR) is 69.7 cm³/mol. The van der Waals surface area contributed by atoms with E-state index in [9.17, 15) is 4.79 Å². The van der Waals surface area contributed by atoms with Gasteiger partial charge in [0.1, 0.15) is 0 Å². The number of halogens is 1. The second kappa shape index (κ2) is 5.54. The van der Waals surface area contributed by atoms with Crippen molar-refractivity contribution in [3.8, 4) is 0 Å². The maximum atomic E-state index is 11.9. The Kier molecular flexibility index (Phi) is 4.05. The largest absolute Gasteiger partial charge is 0.363 e. The van der Waals surface area contributed by atoms with Crippen molar-refractivity contribution in [2.75, 3.05) is 5.32 Å². The van der Waals surface area contributed by atoms with Gasteiger partial charge in [-0.2, -0.15) is 0 Å². The molecule has 0 aromatic carbocycles. The lowest BCUT2D eigenvalue weighted by atomic mass is 9.95. The van der Waals surface area contributed by atoms with Crippen LogP contribution in [-0.2, 0) is 6.54 Å². The number of hydrogen-bond acceptors (Lipinski definition) is 3. The third kappa shape index (κ3) is 3.00. The third-order valence-electron chi connectivity index (χ3n) is 3.25. The molecule has 0 bridgehead atoms. The monoisotopic (exact) mass is 255 g/mol. The number of nitrogens with one attached hydrogen (secondary N) is 1. The van der Waals surface area contributed by atoms with Gasteiger partial charge in [0.25, 0.3) is 5.56 Å². The fourth-order valence-corrected chi connectivity index (χ4v) is 2.44. The smallest absolute Gasteiger partial charge is 0.293 e. The maximum absolute atomic E-state index is 11.9. The van der Waals surface area contributed by atoms with Crippen molar-refractivity contribution in [1.29, 1.82) is 0 Å². The molecule has 0 atom stereocenters. The summed E-state index contributed by atoms with van der Waals surface area (Å²) in [4.78, 5) is 16.1. The fourth-order valence-electron chi connectivity index (χ4n) is 2.19. The van der Waals surface area contributed by atoms with E-state index in [1.807, 2.05) is 6.92 Å². The van der Waals surface area contributed by atoms with Crippen LogP contribution in [0.15, 0.2) is 17.2 Å². The molecule has 1 aromatic heterocycles. The Labute approximate surface area is 106 Å². The van der Waals surface area contributed by atoms with E-state index in [0.717, 1.165) is 25.7 Å². The fraction of sp³-hybridized carbons (Fsp3) is 0.667. The highest BCUT2D eigenvalue weighted by Crippen LogP contribution is 2.24. The molecule has 1 N–H and O–H groups in total. The summed E-state index contributed by atoms with van der Waals surface area (Å²) in [6, 6.07) is 0.331. The summed E-state index contributed by atoms with van der Waals surface area (Å²) in [5, 5.41) is 3.54. The van der Waals surface area contributed by atoms with Gasteiger partial charge >= 0.3 is 0 Å². The molecule has 1 fully saturated rings. The first-order valence-corrected chi connectivity index (χ1v) is 6.60. The molecule has 0 radical (unpaired) electrons. The zero-order chi connectivity index (χ0) is 12.3. The van der Waals surface area contributed by atoms with E-state index >= 15 is 0 Å². The first-order chi connectivity index (χ1) is 8.20. The average molecular weight is 256 g/mol. The summed E-state index contributed by atoms with van der Waals surface area (Å²) < 4.78 is 1.66. The summed E-state index contributed by atoms with van der Waals surface area (Å²) in [7, 11) is 0. The van der Waals surface area contributed by atoms with Crippen LogP contribution in [0.2, 0.25) is 0 Å². The Morgan fingerprint density at radius 1 is 1.47 bits per heavy atom. The van der Waals surface area contributed by atoms with E-state index in [2.05, 4.69) is 10.3 Å². The van der Waals surface area contributed by atoms with Gasteiger partial charge in [0.05, 0.1) is 0 Å². The lowest BCUT2D eigenvalue weighted by Gasteiger charge is -2.26. The first-order valence-electron chi connectivity index (χ1n) is 6.16. The van der Waals surface area contributed by atoms with E-state index in [4.69, 9.17) is 11.6 Å². The van der Waals surface area contributed by atoms with Crippen molar-refractivity contribution < 1.29 is 0 Å². The first kappa shape index (κ1) is 12.4. The van der Waals surface area contributed by atoms with Crippen LogP contribution >= 0.6 is 11.6 Å². The summed E-state index contributed by atoms with van der Waals surface area (Å²) in [6.45, 7) is 2.62. The Morgan fingerprint density at radius 2 is 2.18 bits per heavy atom. The maximum Gasteiger partial charge on any atom is 0.293 e. The standard InChI is InChI=1S/C12H18ClN3O/c1-2-16-8-7-14-11(12(16)17)15-10-5-3-9(13)4-6-10/h7-10H,2-6H2,1H3,(H,14,15). The lowest BCUT2D eigenvalue weighted by Crippen LogP contribution is -2.31. The van der Waals surface area contributed by atoms with Crippen molar-refractivity contribution in [2.24, 2.45) is 0 Å². The number of hydrogen-bond donors (Lipinski definition) is 1. The van der Waals surface area contributed by atoms with Gasteiger partial charge in [-0.3, -0.25) is 4.79 Å². The SMILES string of the molecule is CCn1ccnc(NC2CCC(Cl)CC2)c1=O. The molecule has 1 aromatic rings. The molecule has 0 unspecified atom stereocenters. The molecule has 17 heavy (non-hydrogen) atoms. The van der Waals surface area contributed by atoms with E-state index in [0.29, 0.717) is 23.8 Å². The van der Waals surface area contributed by atoms with Crippen LogP contribution in [0.25, 0.3) is 0 Å². The van der Waals surface area contributed by atoms with Gasteiger partial charge in [-0.15, -0.1) is 11.6 Å². The summed E-state index contributed by atoms with van der Waals surface area (Å²) >= 11 is 6.05. The van der Waals surface area contributed by atoms with Gasteiger partial charge in [0, 0.05) is 30.4 Å². The molecule has 1 saturated carbocycles. The minimum absolute atomic E-state index is 0.0389. The number of alkyl halides is 1. The van der Waals surface area contributed by atoms with Crippen molar-refractivity contribution >= 4 is 17.4 Å². The molecular formula is C12H18ClN3O. The zero-order valence-corrected chi connectivity index (χ0v) is 10.8. The predicted octanol–water partition coefficient (Wildman–Crippen LogP) is 2.23. The molecule has 1 aliphatic carbocycles. The van der Waals surface area contributed by atoms with Gasteiger partial charge < -0.3 is 9.88 Å². The summed E-state index contributed by atoms with van der Waals surface area (Å²) in [5.41, 5.74) is -0.0389. The molecule has 2 rings (SSSR count). The number of nitrogens with zero attached hydrogens (tertiary/aromatic N) is 2. The quantitative estimate of drug-likeness (QED) is 0.843. The number of aryl methyl sites for hydroxylation is 1. The topological polar surface area (TPSA) is 46.9 Å². The van der Waals surface area contributed by atoms with Gasteiger partial charge in [0.15, 0.2) is 5.82 Å². The molecule has 4 nitrogen and oxygen atoms in total.